The number of hydrogen-bond donors (Lipinski definition) is 1. The summed E-state index contributed by atoms with van der Waals surface area (Å²) in [6.07, 6.45) is 8.10. The molecule has 0 aliphatic rings. The quantitative estimate of drug-likeness (QED) is 0.405. The van der Waals surface area contributed by atoms with Crippen molar-refractivity contribution in [2.45, 2.75) is 85.0 Å². The summed E-state index contributed by atoms with van der Waals surface area (Å²) in [7, 11) is 0. The van der Waals surface area contributed by atoms with Crippen LogP contribution in [0.5, 0.6) is 0 Å². The average molecular weight is 348 g/mol. The molecule has 0 radical (unpaired) electrons. The lowest BCUT2D eigenvalue weighted by Crippen LogP contribution is -2.33. The third-order valence-corrected chi connectivity index (χ3v) is 5.79. The lowest BCUT2D eigenvalue weighted by Gasteiger charge is -2.39. The fourth-order valence-corrected chi connectivity index (χ4v) is 3.85. The highest BCUT2D eigenvalue weighted by molar-refractivity contribution is 5.31. The highest BCUT2D eigenvalue weighted by Crippen LogP contribution is 2.41. The van der Waals surface area contributed by atoms with E-state index in [2.05, 4.69) is 45.7 Å². The lowest BCUT2D eigenvalue weighted by atomic mass is 9.66. The second kappa shape index (κ2) is 10.6. The van der Waals surface area contributed by atoms with Gasteiger partial charge in [0.2, 0.25) is 0 Å². The van der Waals surface area contributed by atoms with Crippen LogP contribution in [0.15, 0.2) is 30.5 Å². The van der Waals surface area contributed by atoms with Crippen molar-refractivity contribution in [3.63, 3.8) is 0 Å². The van der Waals surface area contributed by atoms with Crippen LogP contribution in [0.4, 0.5) is 4.39 Å². The molecule has 0 spiro atoms. The van der Waals surface area contributed by atoms with E-state index in [0.29, 0.717) is 5.92 Å². The van der Waals surface area contributed by atoms with E-state index >= 15 is 0 Å². The Morgan fingerprint density at radius 3 is 2.52 bits per heavy atom. The Hall–Kier alpha value is -1.31. The summed E-state index contributed by atoms with van der Waals surface area (Å²) >= 11 is 0. The zero-order valence-electron chi connectivity index (χ0n) is 17.1. The van der Waals surface area contributed by atoms with Gasteiger partial charge in [-0.3, -0.25) is 0 Å². The third-order valence-electron chi connectivity index (χ3n) is 5.79. The zero-order valence-corrected chi connectivity index (χ0v) is 17.1. The second-order valence-electron chi connectivity index (χ2n) is 7.62. The molecule has 0 fully saturated rings. The monoisotopic (exact) mass is 347 g/mol. The van der Waals surface area contributed by atoms with Crippen LogP contribution in [0.3, 0.4) is 0 Å². The molecule has 2 atom stereocenters. The van der Waals surface area contributed by atoms with Crippen molar-refractivity contribution in [2.24, 2.45) is 5.92 Å². The van der Waals surface area contributed by atoms with Gasteiger partial charge in [-0.05, 0) is 61.1 Å². The summed E-state index contributed by atoms with van der Waals surface area (Å²) in [6, 6.07) is 5.73. The van der Waals surface area contributed by atoms with Gasteiger partial charge in [0.1, 0.15) is 5.82 Å². The van der Waals surface area contributed by atoms with Crippen molar-refractivity contribution in [2.75, 3.05) is 6.54 Å². The standard InChI is InChI=1S/C23H38FN/c1-7-10-12-20(9-3)23(6,15-11-16-25-19(5)8-2)21-13-14-22(24)18(4)17-21/h13-14,17,20,25H,5,7-12,15-16H2,1-4,6H3. The van der Waals surface area contributed by atoms with Crippen molar-refractivity contribution < 1.29 is 4.39 Å². The van der Waals surface area contributed by atoms with E-state index in [4.69, 9.17) is 0 Å². The van der Waals surface area contributed by atoms with E-state index in [1.165, 1.54) is 31.2 Å². The first-order chi connectivity index (χ1) is 11.9. The smallest absolute Gasteiger partial charge is 0.126 e. The van der Waals surface area contributed by atoms with Crippen LogP contribution in [0.25, 0.3) is 0 Å². The minimum atomic E-state index is -0.103. The molecular weight excluding hydrogens is 309 g/mol. The molecule has 142 valence electrons. The van der Waals surface area contributed by atoms with Gasteiger partial charge in [-0.2, -0.15) is 0 Å². The van der Waals surface area contributed by atoms with E-state index in [1.54, 1.807) is 6.07 Å². The largest absolute Gasteiger partial charge is 0.389 e. The summed E-state index contributed by atoms with van der Waals surface area (Å²) in [6.45, 7) is 15.9. The van der Waals surface area contributed by atoms with Gasteiger partial charge >= 0.3 is 0 Å². The maximum Gasteiger partial charge on any atom is 0.126 e. The van der Waals surface area contributed by atoms with Crippen molar-refractivity contribution >= 4 is 0 Å². The van der Waals surface area contributed by atoms with Crippen LogP contribution < -0.4 is 5.32 Å². The number of aryl methyl sites for hydroxylation is 1. The first kappa shape index (κ1) is 21.7. The predicted molar refractivity (Wildman–Crippen MR) is 108 cm³/mol. The summed E-state index contributed by atoms with van der Waals surface area (Å²) in [5, 5.41) is 3.42. The number of rotatable bonds is 12. The number of halogens is 1. The number of hydrogen-bond acceptors (Lipinski definition) is 1. The normalized spacial score (nSPS) is 14.8. The minimum absolute atomic E-state index is 0.0948. The fraction of sp³-hybridized carbons (Fsp3) is 0.652. The first-order valence-corrected chi connectivity index (χ1v) is 10.1. The minimum Gasteiger partial charge on any atom is -0.389 e. The van der Waals surface area contributed by atoms with E-state index in [1.807, 2.05) is 13.0 Å². The van der Waals surface area contributed by atoms with Crippen molar-refractivity contribution in [3.8, 4) is 0 Å². The SMILES string of the molecule is C=C(CC)NCCCC(C)(c1ccc(F)c(C)c1)C(CC)CCCC. The first-order valence-electron chi connectivity index (χ1n) is 10.1. The van der Waals surface area contributed by atoms with Gasteiger partial charge in [-0.25, -0.2) is 4.39 Å². The van der Waals surface area contributed by atoms with E-state index < -0.39 is 0 Å². The molecule has 0 heterocycles. The van der Waals surface area contributed by atoms with Crippen molar-refractivity contribution in [3.05, 3.63) is 47.4 Å². The molecule has 1 aromatic rings. The molecule has 1 nitrogen and oxygen atoms in total. The molecule has 1 rings (SSSR count). The molecule has 1 N–H and O–H groups in total. The molecule has 0 aromatic heterocycles. The van der Waals surface area contributed by atoms with Crippen LogP contribution in [0.1, 0.15) is 83.8 Å². The Bertz CT molecular complexity index is 537. The predicted octanol–water partition coefficient (Wildman–Crippen LogP) is 6.90. The molecule has 0 aliphatic heterocycles. The van der Waals surface area contributed by atoms with Crippen LogP contribution in [-0.4, -0.2) is 6.54 Å². The molecule has 0 aliphatic carbocycles. The van der Waals surface area contributed by atoms with Crippen LogP contribution >= 0.6 is 0 Å². The van der Waals surface area contributed by atoms with E-state index in [0.717, 1.165) is 37.1 Å². The van der Waals surface area contributed by atoms with Crippen molar-refractivity contribution in [1.82, 2.24) is 5.32 Å². The van der Waals surface area contributed by atoms with Crippen LogP contribution in [0.2, 0.25) is 0 Å². The van der Waals surface area contributed by atoms with Gasteiger partial charge < -0.3 is 5.32 Å². The number of nitrogens with one attached hydrogen (secondary N) is 1. The van der Waals surface area contributed by atoms with Crippen LogP contribution in [0, 0.1) is 18.7 Å². The summed E-state index contributed by atoms with van der Waals surface area (Å²) in [5.74, 6) is 0.528. The third kappa shape index (κ3) is 6.17. The molecule has 25 heavy (non-hydrogen) atoms. The molecule has 0 bridgehead atoms. The Morgan fingerprint density at radius 1 is 1.24 bits per heavy atom. The molecule has 0 saturated carbocycles. The highest BCUT2D eigenvalue weighted by atomic mass is 19.1. The number of allylic oxidation sites excluding steroid dienone is 1. The fourth-order valence-electron chi connectivity index (χ4n) is 3.85. The summed E-state index contributed by atoms with van der Waals surface area (Å²) < 4.78 is 13.8. The van der Waals surface area contributed by atoms with Gasteiger partial charge in [-0.1, -0.05) is 65.7 Å². The Kier molecular flexibility index (Phi) is 9.24. The highest BCUT2D eigenvalue weighted by Gasteiger charge is 2.34. The van der Waals surface area contributed by atoms with Crippen LogP contribution in [-0.2, 0) is 5.41 Å². The lowest BCUT2D eigenvalue weighted by molar-refractivity contribution is 0.238. The van der Waals surface area contributed by atoms with Gasteiger partial charge in [0.05, 0.1) is 0 Å². The average Bonchev–Trinajstić information content (AvgIpc) is 2.61. The number of unbranched alkanes of at least 4 members (excludes halogenated alkanes) is 1. The number of benzene rings is 1. The summed E-state index contributed by atoms with van der Waals surface area (Å²) in [5.41, 5.74) is 3.25. The van der Waals surface area contributed by atoms with E-state index in [9.17, 15) is 4.39 Å². The Morgan fingerprint density at radius 2 is 1.96 bits per heavy atom. The van der Waals surface area contributed by atoms with E-state index in [-0.39, 0.29) is 11.2 Å². The molecule has 0 saturated heterocycles. The van der Waals surface area contributed by atoms with Gasteiger partial charge in [-0.15, -0.1) is 0 Å². The summed E-state index contributed by atoms with van der Waals surface area (Å²) in [4.78, 5) is 0. The molecule has 2 heteroatoms. The molecule has 1 aromatic carbocycles. The Labute approximate surface area is 155 Å². The molecular formula is C23H38FN. The van der Waals surface area contributed by atoms with Gasteiger partial charge in [0, 0.05) is 12.2 Å². The topological polar surface area (TPSA) is 12.0 Å². The maximum atomic E-state index is 13.8. The van der Waals surface area contributed by atoms with Gasteiger partial charge in [0.15, 0.2) is 0 Å². The second-order valence-corrected chi connectivity index (χ2v) is 7.62. The van der Waals surface area contributed by atoms with Crippen molar-refractivity contribution in [1.29, 1.82) is 0 Å². The maximum absolute atomic E-state index is 13.8. The molecule has 0 amide bonds. The van der Waals surface area contributed by atoms with Gasteiger partial charge in [0.25, 0.3) is 0 Å². The Balaban J connectivity index is 2.98. The zero-order chi connectivity index (χ0) is 18.9. The molecule has 2 unspecified atom stereocenters.